The van der Waals surface area contributed by atoms with Crippen molar-refractivity contribution in [3.63, 3.8) is 0 Å². The van der Waals surface area contributed by atoms with Crippen LogP contribution in [-0.4, -0.2) is 43.5 Å². The van der Waals surface area contributed by atoms with E-state index in [1.54, 1.807) is 0 Å². The fourth-order valence-corrected chi connectivity index (χ4v) is 2.03. The van der Waals surface area contributed by atoms with Crippen LogP contribution in [0, 0.1) is 0 Å². The molecule has 1 fully saturated rings. The number of rotatable bonds is 4. The molecule has 2 N–H and O–H groups in total. The molecular formula is C13H19N3O. The van der Waals surface area contributed by atoms with Gasteiger partial charge in [-0.2, -0.15) is 0 Å². The van der Waals surface area contributed by atoms with Gasteiger partial charge >= 0.3 is 0 Å². The fourth-order valence-electron chi connectivity index (χ4n) is 2.03. The summed E-state index contributed by atoms with van der Waals surface area (Å²) >= 11 is 0. The van der Waals surface area contributed by atoms with Gasteiger partial charge in [0.1, 0.15) is 0 Å². The maximum Gasteiger partial charge on any atom is 0.241 e. The summed E-state index contributed by atoms with van der Waals surface area (Å²) in [6.45, 7) is 2.28. The lowest BCUT2D eigenvalue weighted by molar-refractivity contribution is -0.129. The van der Waals surface area contributed by atoms with E-state index in [9.17, 15) is 4.79 Å². The van der Waals surface area contributed by atoms with E-state index in [-0.39, 0.29) is 5.91 Å². The Kier molecular flexibility index (Phi) is 3.98. The zero-order chi connectivity index (χ0) is 12.1. The number of hydrogen-bond acceptors (Lipinski definition) is 3. The van der Waals surface area contributed by atoms with Gasteiger partial charge in [0.15, 0.2) is 0 Å². The third-order valence-electron chi connectivity index (χ3n) is 3.19. The highest BCUT2D eigenvalue weighted by molar-refractivity contribution is 5.81. The van der Waals surface area contributed by atoms with E-state index < -0.39 is 0 Å². The quantitative estimate of drug-likeness (QED) is 0.813. The van der Waals surface area contributed by atoms with Crippen molar-refractivity contribution in [3.05, 3.63) is 30.3 Å². The van der Waals surface area contributed by atoms with Crippen LogP contribution in [0.4, 0.5) is 5.69 Å². The molecule has 0 bridgehead atoms. The second-order valence-corrected chi connectivity index (χ2v) is 4.37. The molecule has 1 unspecified atom stereocenters. The third-order valence-corrected chi connectivity index (χ3v) is 3.19. The smallest absolute Gasteiger partial charge is 0.241 e. The Labute approximate surface area is 102 Å². The molecule has 0 aromatic heterocycles. The molecule has 92 valence electrons. The lowest BCUT2D eigenvalue weighted by Crippen LogP contribution is -2.41. The summed E-state index contributed by atoms with van der Waals surface area (Å²) in [5.74, 6) is 0.141. The molecule has 0 aliphatic carbocycles. The molecule has 1 aliphatic rings. The van der Waals surface area contributed by atoms with Crippen molar-refractivity contribution in [2.75, 3.05) is 32.0 Å². The Morgan fingerprint density at radius 1 is 1.47 bits per heavy atom. The van der Waals surface area contributed by atoms with Crippen molar-refractivity contribution in [2.24, 2.45) is 0 Å². The van der Waals surface area contributed by atoms with Gasteiger partial charge in [0, 0.05) is 25.3 Å². The van der Waals surface area contributed by atoms with Crippen LogP contribution in [0.25, 0.3) is 0 Å². The van der Waals surface area contributed by atoms with E-state index in [1.165, 1.54) is 0 Å². The number of carbonyl (C=O) groups excluding carboxylic acids is 1. The van der Waals surface area contributed by atoms with Gasteiger partial charge in [0.2, 0.25) is 5.91 Å². The first kappa shape index (κ1) is 11.9. The molecule has 17 heavy (non-hydrogen) atoms. The fraction of sp³-hybridized carbons (Fsp3) is 0.462. The van der Waals surface area contributed by atoms with Crippen LogP contribution in [0.5, 0.6) is 0 Å². The van der Waals surface area contributed by atoms with Crippen LogP contribution >= 0.6 is 0 Å². The summed E-state index contributed by atoms with van der Waals surface area (Å²) in [7, 11) is 1.88. The second kappa shape index (κ2) is 5.68. The molecule has 2 rings (SSSR count). The van der Waals surface area contributed by atoms with E-state index in [2.05, 4.69) is 10.6 Å². The molecule has 1 aromatic carbocycles. The Morgan fingerprint density at radius 2 is 2.24 bits per heavy atom. The summed E-state index contributed by atoms with van der Waals surface area (Å²) in [5, 5.41) is 6.40. The number of anilines is 1. The predicted octanol–water partition coefficient (Wildman–Crippen LogP) is 0.919. The first-order valence-corrected chi connectivity index (χ1v) is 6.02. The minimum Gasteiger partial charge on any atom is -0.376 e. The summed E-state index contributed by atoms with van der Waals surface area (Å²) in [4.78, 5) is 13.8. The molecule has 1 atom stereocenters. The van der Waals surface area contributed by atoms with Crippen LogP contribution < -0.4 is 10.6 Å². The van der Waals surface area contributed by atoms with Crippen LogP contribution in [0.1, 0.15) is 6.42 Å². The molecule has 0 radical (unpaired) electrons. The van der Waals surface area contributed by atoms with Crippen molar-refractivity contribution < 1.29 is 4.79 Å². The van der Waals surface area contributed by atoms with Gasteiger partial charge in [-0.25, -0.2) is 0 Å². The zero-order valence-corrected chi connectivity index (χ0v) is 10.1. The van der Waals surface area contributed by atoms with Gasteiger partial charge in [0.25, 0.3) is 0 Å². The van der Waals surface area contributed by atoms with Gasteiger partial charge in [-0.15, -0.1) is 0 Å². The average Bonchev–Trinajstić information content (AvgIpc) is 2.90. The first-order chi connectivity index (χ1) is 8.27. The molecular weight excluding hydrogens is 214 g/mol. The van der Waals surface area contributed by atoms with E-state index >= 15 is 0 Å². The number of likely N-dealkylation sites (N-methyl/N-ethyl adjacent to an activating group) is 1. The number of nitrogens with one attached hydrogen (secondary N) is 2. The highest BCUT2D eigenvalue weighted by Gasteiger charge is 2.22. The van der Waals surface area contributed by atoms with Gasteiger partial charge in [-0.3, -0.25) is 4.79 Å². The number of amides is 1. The molecule has 4 nitrogen and oxygen atoms in total. The highest BCUT2D eigenvalue weighted by atomic mass is 16.2. The zero-order valence-electron chi connectivity index (χ0n) is 10.1. The van der Waals surface area contributed by atoms with Crippen LogP contribution in [0.3, 0.4) is 0 Å². The van der Waals surface area contributed by atoms with Gasteiger partial charge < -0.3 is 15.5 Å². The lowest BCUT2D eigenvalue weighted by Gasteiger charge is -2.24. The van der Waals surface area contributed by atoms with Crippen molar-refractivity contribution in [3.8, 4) is 0 Å². The molecule has 0 saturated carbocycles. The molecule has 1 aliphatic heterocycles. The normalized spacial score (nSPS) is 19.0. The Morgan fingerprint density at radius 3 is 2.88 bits per heavy atom. The minimum absolute atomic E-state index is 0.141. The standard InChI is InChI=1S/C13H19N3O/c1-16(12-7-8-14-9-12)13(17)10-15-11-5-3-2-4-6-11/h2-6,12,14-15H,7-10H2,1H3. The molecule has 1 amide bonds. The van der Waals surface area contributed by atoms with Gasteiger partial charge in [-0.1, -0.05) is 18.2 Å². The summed E-state index contributed by atoms with van der Waals surface area (Å²) in [6, 6.07) is 10.1. The molecule has 4 heteroatoms. The van der Waals surface area contributed by atoms with E-state index in [0.717, 1.165) is 25.2 Å². The summed E-state index contributed by atoms with van der Waals surface area (Å²) in [5.41, 5.74) is 0.985. The number of carbonyl (C=O) groups is 1. The third kappa shape index (κ3) is 3.20. The molecule has 1 saturated heterocycles. The van der Waals surface area contributed by atoms with Crippen molar-refractivity contribution in [1.82, 2.24) is 10.2 Å². The Bertz CT molecular complexity index is 360. The molecule has 1 aromatic rings. The number of para-hydroxylation sites is 1. The van der Waals surface area contributed by atoms with Gasteiger partial charge in [0.05, 0.1) is 6.54 Å². The SMILES string of the molecule is CN(C(=O)CNc1ccccc1)C1CCNC1. The van der Waals surface area contributed by atoms with Crippen molar-refractivity contribution in [1.29, 1.82) is 0 Å². The topological polar surface area (TPSA) is 44.4 Å². The summed E-state index contributed by atoms with van der Waals surface area (Å²) < 4.78 is 0. The predicted molar refractivity (Wildman–Crippen MR) is 69.0 cm³/mol. The van der Waals surface area contributed by atoms with Gasteiger partial charge in [-0.05, 0) is 25.1 Å². The lowest BCUT2D eigenvalue weighted by atomic mass is 10.2. The monoisotopic (exact) mass is 233 g/mol. The van der Waals surface area contributed by atoms with Crippen LogP contribution in [0.2, 0.25) is 0 Å². The molecule has 1 heterocycles. The van der Waals surface area contributed by atoms with Crippen LogP contribution in [0.15, 0.2) is 30.3 Å². The summed E-state index contributed by atoms with van der Waals surface area (Å²) in [6.07, 6.45) is 1.05. The minimum atomic E-state index is 0.141. The van der Waals surface area contributed by atoms with E-state index in [0.29, 0.717) is 12.6 Å². The number of nitrogens with zero attached hydrogens (tertiary/aromatic N) is 1. The second-order valence-electron chi connectivity index (χ2n) is 4.37. The molecule has 0 spiro atoms. The maximum absolute atomic E-state index is 11.9. The highest BCUT2D eigenvalue weighted by Crippen LogP contribution is 2.08. The Balaban J connectivity index is 1.80. The largest absolute Gasteiger partial charge is 0.376 e. The first-order valence-electron chi connectivity index (χ1n) is 6.02. The maximum atomic E-state index is 11.9. The van der Waals surface area contributed by atoms with Crippen molar-refractivity contribution in [2.45, 2.75) is 12.5 Å². The number of benzene rings is 1. The number of hydrogen-bond donors (Lipinski definition) is 2. The van der Waals surface area contributed by atoms with E-state index in [1.807, 2.05) is 42.3 Å². The Hall–Kier alpha value is -1.55. The van der Waals surface area contributed by atoms with E-state index in [4.69, 9.17) is 0 Å². The average molecular weight is 233 g/mol. The van der Waals surface area contributed by atoms with Crippen molar-refractivity contribution >= 4 is 11.6 Å². The van der Waals surface area contributed by atoms with Crippen LogP contribution in [-0.2, 0) is 4.79 Å².